The monoisotopic (exact) mass is 740 g/mol. The summed E-state index contributed by atoms with van der Waals surface area (Å²) in [6, 6.07) is -0.651. The Morgan fingerprint density at radius 1 is 0.453 bits per heavy atom. The van der Waals surface area contributed by atoms with Gasteiger partial charge in [-0.2, -0.15) is 0 Å². The molecule has 4 heteroatoms. The number of hydrogen-bond donors (Lipinski definition) is 3. The molecule has 53 heavy (non-hydrogen) atoms. The summed E-state index contributed by atoms with van der Waals surface area (Å²) in [5.41, 5.74) is 0. The second kappa shape index (κ2) is 44.5. The van der Waals surface area contributed by atoms with Gasteiger partial charge in [-0.3, -0.25) is 4.79 Å². The van der Waals surface area contributed by atoms with Gasteiger partial charge < -0.3 is 15.5 Å². The Kier molecular flexibility index (Phi) is 42.9. The third kappa shape index (κ3) is 41.1. The number of aliphatic hydroxyl groups is 2. The van der Waals surface area contributed by atoms with Crippen LogP contribution in [0.5, 0.6) is 0 Å². The van der Waals surface area contributed by atoms with Gasteiger partial charge in [0.2, 0.25) is 5.91 Å². The number of amides is 1. The first kappa shape index (κ1) is 51.1. The van der Waals surface area contributed by atoms with Gasteiger partial charge in [0, 0.05) is 6.42 Å². The van der Waals surface area contributed by atoms with E-state index in [4.69, 9.17) is 0 Å². The molecule has 0 spiro atoms. The summed E-state index contributed by atoms with van der Waals surface area (Å²) in [4.78, 5) is 12.4. The van der Waals surface area contributed by atoms with Crippen molar-refractivity contribution in [2.24, 2.45) is 0 Å². The van der Waals surface area contributed by atoms with Crippen LogP contribution in [0.2, 0.25) is 0 Å². The van der Waals surface area contributed by atoms with Crippen LogP contribution in [0, 0.1) is 0 Å². The third-order valence-electron chi connectivity index (χ3n) is 10.2. The van der Waals surface area contributed by atoms with Crippen molar-refractivity contribution in [3.05, 3.63) is 60.8 Å². The van der Waals surface area contributed by atoms with Gasteiger partial charge in [0.05, 0.1) is 18.8 Å². The van der Waals surface area contributed by atoms with Gasteiger partial charge in [-0.1, -0.05) is 203 Å². The van der Waals surface area contributed by atoms with Crippen LogP contribution < -0.4 is 5.32 Å². The summed E-state index contributed by atoms with van der Waals surface area (Å²) in [6.45, 7) is 4.27. The fourth-order valence-corrected chi connectivity index (χ4v) is 6.65. The lowest BCUT2D eigenvalue weighted by molar-refractivity contribution is -0.123. The number of carbonyl (C=O) groups excluding carboxylic acids is 1. The van der Waals surface area contributed by atoms with Crippen molar-refractivity contribution >= 4 is 5.91 Å². The molecule has 0 fully saturated rings. The van der Waals surface area contributed by atoms with Crippen molar-refractivity contribution in [3.8, 4) is 0 Å². The van der Waals surface area contributed by atoms with Crippen LogP contribution >= 0.6 is 0 Å². The SMILES string of the molecule is CCCCC/C=C\C/C=C\CCCCCCCCCC(=O)NC(CO)C(O)/C=C/CC/C=C/CC/C=C/CCCCCCCCCCCCCCCC. The zero-order valence-electron chi connectivity index (χ0n) is 35.3. The number of carbonyl (C=O) groups is 1. The van der Waals surface area contributed by atoms with Gasteiger partial charge in [-0.05, 0) is 77.0 Å². The minimum absolute atomic E-state index is 0.0874. The Morgan fingerprint density at radius 2 is 0.792 bits per heavy atom. The Labute approximate surface area is 330 Å². The van der Waals surface area contributed by atoms with Crippen LogP contribution in [0.15, 0.2) is 60.8 Å². The molecule has 0 aromatic carbocycles. The van der Waals surface area contributed by atoms with E-state index in [9.17, 15) is 15.0 Å². The van der Waals surface area contributed by atoms with Crippen molar-refractivity contribution in [1.29, 1.82) is 0 Å². The Balaban J connectivity index is 3.65. The molecule has 2 atom stereocenters. The summed E-state index contributed by atoms with van der Waals surface area (Å²) in [5.74, 6) is -0.0874. The zero-order chi connectivity index (χ0) is 38.6. The van der Waals surface area contributed by atoms with Crippen LogP contribution in [0.3, 0.4) is 0 Å². The normalized spacial score (nSPS) is 13.5. The van der Waals surface area contributed by atoms with Crippen LogP contribution in [0.25, 0.3) is 0 Å². The number of rotatable bonds is 41. The molecule has 0 bridgehead atoms. The smallest absolute Gasteiger partial charge is 0.220 e. The predicted octanol–water partition coefficient (Wildman–Crippen LogP) is 14.5. The average Bonchev–Trinajstić information content (AvgIpc) is 3.16. The lowest BCUT2D eigenvalue weighted by atomic mass is 10.0. The van der Waals surface area contributed by atoms with Crippen molar-refractivity contribution < 1.29 is 15.0 Å². The van der Waals surface area contributed by atoms with E-state index in [1.54, 1.807) is 6.08 Å². The molecule has 0 heterocycles. The van der Waals surface area contributed by atoms with Crippen molar-refractivity contribution in [3.63, 3.8) is 0 Å². The first-order valence-electron chi connectivity index (χ1n) is 23.0. The van der Waals surface area contributed by atoms with E-state index >= 15 is 0 Å². The van der Waals surface area contributed by atoms with E-state index in [0.717, 1.165) is 51.4 Å². The van der Waals surface area contributed by atoms with E-state index in [1.807, 2.05) is 6.08 Å². The highest BCUT2D eigenvalue weighted by molar-refractivity contribution is 5.76. The molecule has 308 valence electrons. The third-order valence-corrected chi connectivity index (χ3v) is 10.2. The highest BCUT2D eigenvalue weighted by Gasteiger charge is 2.17. The van der Waals surface area contributed by atoms with Gasteiger partial charge in [0.25, 0.3) is 0 Å². The van der Waals surface area contributed by atoms with Crippen molar-refractivity contribution in [2.75, 3.05) is 6.61 Å². The van der Waals surface area contributed by atoms with Crippen molar-refractivity contribution in [1.82, 2.24) is 5.32 Å². The number of allylic oxidation sites excluding steroid dienone is 9. The number of aliphatic hydroxyl groups excluding tert-OH is 2. The molecule has 3 N–H and O–H groups in total. The molecule has 0 aliphatic heterocycles. The largest absolute Gasteiger partial charge is 0.394 e. The van der Waals surface area contributed by atoms with E-state index in [-0.39, 0.29) is 12.5 Å². The highest BCUT2D eigenvalue weighted by atomic mass is 16.3. The van der Waals surface area contributed by atoms with E-state index in [2.05, 4.69) is 67.8 Å². The summed E-state index contributed by atoms with van der Waals surface area (Å²) < 4.78 is 0. The molecule has 0 aliphatic rings. The maximum Gasteiger partial charge on any atom is 0.220 e. The molecule has 0 saturated carbocycles. The lowest BCUT2D eigenvalue weighted by Crippen LogP contribution is -2.45. The average molecular weight is 740 g/mol. The Bertz CT molecular complexity index is 888. The van der Waals surface area contributed by atoms with Gasteiger partial charge in [0.15, 0.2) is 0 Å². The topological polar surface area (TPSA) is 69.6 Å². The van der Waals surface area contributed by atoms with E-state index in [1.165, 1.54) is 154 Å². The predicted molar refractivity (Wildman–Crippen MR) is 234 cm³/mol. The minimum atomic E-state index is -0.875. The van der Waals surface area contributed by atoms with Gasteiger partial charge >= 0.3 is 0 Å². The second-order valence-corrected chi connectivity index (χ2v) is 15.4. The quantitative estimate of drug-likeness (QED) is 0.0432. The fraction of sp³-hybridized carbons (Fsp3) is 0.776. The highest BCUT2D eigenvalue weighted by Crippen LogP contribution is 2.14. The van der Waals surface area contributed by atoms with E-state index in [0.29, 0.717) is 6.42 Å². The molecule has 0 aliphatic carbocycles. The van der Waals surface area contributed by atoms with Crippen molar-refractivity contribution in [2.45, 2.75) is 238 Å². The lowest BCUT2D eigenvalue weighted by Gasteiger charge is -2.19. The first-order valence-corrected chi connectivity index (χ1v) is 23.0. The molecule has 2 unspecified atom stereocenters. The summed E-state index contributed by atoms with van der Waals surface area (Å²) >= 11 is 0. The second-order valence-electron chi connectivity index (χ2n) is 15.4. The number of nitrogens with one attached hydrogen (secondary N) is 1. The molecular weight excluding hydrogens is 651 g/mol. The molecule has 0 aromatic heterocycles. The Hall–Kier alpha value is -1.91. The number of hydrogen-bond acceptors (Lipinski definition) is 3. The maximum absolute atomic E-state index is 12.4. The van der Waals surface area contributed by atoms with Gasteiger partial charge in [0.1, 0.15) is 0 Å². The fourth-order valence-electron chi connectivity index (χ4n) is 6.65. The molecule has 0 aromatic rings. The molecule has 0 radical (unpaired) electrons. The standard InChI is InChI=1S/C49H89NO3/c1-3-5-7-9-11-13-15-17-19-21-22-23-24-25-26-27-29-30-32-34-36-38-40-42-44-48(52)47(46-51)50-49(53)45-43-41-39-37-35-33-31-28-20-18-16-14-12-10-8-6-4-2/h12,14,18,20,27,29,34,36,42,44,47-48,51-52H,3-11,13,15-17,19,21-26,28,30-33,35,37-41,43,45-46H2,1-2H3,(H,50,53)/b14-12-,20-18-,29-27+,36-34+,44-42+. The minimum Gasteiger partial charge on any atom is -0.394 e. The molecule has 0 saturated heterocycles. The molecule has 4 nitrogen and oxygen atoms in total. The summed E-state index contributed by atoms with van der Waals surface area (Å²) in [7, 11) is 0. The van der Waals surface area contributed by atoms with Crippen LogP contribution in [-0.4, -0.2) is 34.9 Å². The first-order chi connectivity index (χ1) is 26.2. The summed E-state index contributed by atoms with van der Waals surface area (Å²) in [5, 5.41) is 23.0. The molecule has 1 amide bonds. The van der Waals surface area contributed by atoms with Gasteiger partial charge in [-0.25, -0.2) is 0 Å². The van der Waals surface area contributed by atoms with Crippen LogP contribution in [0.4, 0.5) is 0 Å². The summed E-state index contributed by atoms with van der Waals surface area (Å²) in [6.07, 6.45) is 61.9. The zero-order valence-corrected chi connectivity index (χ0v) is 35.3. The number of unbranched alkanes of at least 4 members (excludes halogenated alkanes) is 26. The van der Waals surface area contributed by atoms with Gasteiger partial charge in [-0.15, -0.1) is 0 Å². The Morgan fingerprint density at radius 3 is 1.25 bits per heavy atom. The maximum atomic E-state index is 12.4. The van der Waals surface area contributed by atoms with Crippen LogP contribution in [-0.2, 0) is 4.79 Å². The molecule has 0 rings (SSSR count). The molecular formula is C49H89NO3. The van der Waals surface area contributed by atoms with Crippen LogP contribution in [0.1, 0.15) is 226 Å². The van der Waals surface area contributed by atoms with E-state index < -0.39 is 12.1 Å².